The molecule has 0 aliphatic carbocycles. The maximum Gasteiger partial charge on any atom is 0.323 e. The largest absolute Gasteiger partial charge is 0.394 e. The van der Waals surface area contributed by atoms with Gasteiger partial charge in [0.2, 0.25) is 5.91 Å². The Bertz CT molecular complexity index is 1360. The van der Waals surface area contributed by atoms with E-state index in [0.29, 0.717) is 24.0 Å². The molecule has 2 aliphatic heterocycles. The van der Waals surface area contributed by atoms with Gasteiger partial charge in [0.1, 0.15) is 5.82 Å². The Morgan fingerprint density at radius 3 is 2.69 bits per heavy atom. The highest BCUT2D eigenvalue weighted by Crippen LogP contribution is 2.50. The number of nitrogens with two attached hydrogens (primary N) is 1. The molecule has 2 aliphatic rings. The molecule has 0 saturated carbocycles. The number of Topliss-reactive ketones (excluding diaryl/α,β-unsaturated/α-hetero) is 1. The molecule has 182 valence electrons. The number of para-hydroxylation sites is 1. The van der Waals surface area contributed by atoms with Gasteiger partial charge in [0.15, 0.2) is 5.78 Å². The first kappa shape index (κ1) is 23.5. The summed E-state index contributed by atoms with van der Waals surface area (Å²) in [4.78, 5) is 40.3. The number of aromatic nitrogens is 1. The summed E-state index contributed by atoms with van der Waals surface area (Å²) in [7, 11) is 0. The van der Waals surface area contributed by atoms with Crippen LogP contribution in [-0.4, -0.2) is 57.0 Å². The molecule has 0 bridgehead atoms. The molecule has 1 aromatic heterocycles. The first-order valence-electron chi connectivity index (χ1n) is 11.3. The van der Waals surface area contributed by atoms with Crippen LogP contribution < -0.4 is 11.1 Å². The van der Waals surface area contributed by atoms with E-state index in [9.17, 15) is 23.9 Å². The molecule has 3 aromatic rings. The lowest BCUT2D eigenvalue weighted by atomic mass is 9.88. The quantitative estimate of drug-likeness (QED) is 0.432. The second-order valence-electron chi connectivity index (χ2n) is 9.22. The van der Waals surface area contributed by atoms with Gasteiger partial charge in [0, 0.05) is 36.7 Å². The van der Waals surface area contributed by atoms with E-state index in [1.807, 2.05) is 17.0 Å². The third-order valence-corrected chi connectivity index (χ3v) is 7.42. The summed E-state index contributed by atoms with van der Waals surface area (Å²) >= 11 is 5.83. The third kappa shape index (κ3) is 3.99. The number of benzene rings is 2. The van der Waals surface area contributed by atoms with Gasteiger partial charge in [-0.05, 0) is 24.1 Å². The van der Waals surface area contributed by atoms with E-state index in [0.717, 1.165) is 5.39 Å². The molecule has 35 heavy (non-hydrogen) atoms. The lowest BCUT2D eigenvalue weighted by Gasteiger charge is -2.21. The molecule has 2 unspecified atom stereocenters. The predicted molar refractivity (Wildman–Crippen MR) is 127 cm³/mol. The Labute approximate surface area is 205 Å². The number of rotatable bonds is 7. The molecule has 5 rings (SSSR count). The molecule has 2 fully saturated rings. The second-order valence-corrected chi connectivity index (χ2v) is 9.63. The van der Waals surface area contributed by atoms with Crippen molar-refractivity contribution in [1.29, 1.82) is 0 Å². The van der Waals surface area contributed by atoms with Gasteiger partial charge in [-0.2, -0.15) is 0 Å². The van der Waals surface area contributed by atoms with Crippen molar-refractivity contribution in [2.24, 2.45) is 11.7 Å². The van der Waals surface area contributed by atoms with Crippen LogP contribution in [0.5, 0.6) is 0 Å². The molecule has 4 atom stereocenters. The molecule has 2 aromatic carbocycles. The summed E-state index contributed by atoms with van der Waals surface area (Å²) in [6.45, 7) is 0.293. The molecule has 4 N–H and O–H groups in total. The predicted octanol–water partition coefficient (Wildman–Crippen LogP) is 2.22. The number of nitrogens with one attached hydrogen (secondary N) is 1. The molecular weight excluding hydrogens is 475 g/mol. The van der Waals surface area contributed by atoms with E-state index in [1.165, 1.54) is 16.7 Å². The van der Waals surface area contributed by atoms with Gasteiger partial charge < -0.3 is 16.2 Å². The number of piperidine rings is 1. The van der Waals surface area contributed by atoms with E-state index in [1.54, 1.807) is 24.4 Å². The number of halogens is 2. The number of ketones is 1. The molecular formula is C25H24ClFN4O4. The zero-order valence-corrected chi connectivity index (χ0v) is 19.5. The fourth-order valence-corrected chi connectivity index (χ4v) is 5.49. The number of aliphatic hydroxyl groups is 1. The standard InChI is InChI=1S/C25H24ClFN4O4/c26-18-6-3-4-14(21(18)27)10-29-23(34)17-9-25(13-32)12-31(25)22(17)20(33)8-15-11-30(24(28)35)19-7-2-1-5-16(15)19/h1-7,11,17,22,32H,8-10,12-13H2,(H2,28,35)(H,29,34)/t17-,22?,25-,31?/m0/s1. The number of primary amides is 1. The van der Waals surface area contributed by atoms with Crippen molar-refractivity contribution in [1.82, 2.24) is 14.8 Å². The minimum atomic E-state index is -0.734. The maximum absolute atomic E-state index is 14.2. The second kappa shape index (κ2) is 8.75. The van der Waals surface area contributed by atoms with Crippen LogP contribution >= 0.6 is 11.6 Å². The highest BCUT2D eigenvalue weighted by Gasteiger charge is 2.66. The Morgan fingerprint density at radius 1 is 1.17 bits per heavy atom. The van der Waals surface area contributed by atoms with Crippen LogP contribution in [0.3, 0.4) is 0 Å². The number of fused-ring (bicyclic) bond motifs is 2. The van der Waals surface area contributed by atoms with E-state index in [-0.39, 0.29) is 41.8 Å². The molecule has 0 spiro atoms. The van der Waals surface area contributed by atoms with E-state index < -0.39 is 29.3 Å². The van der Waals surface area contributed by atoms with Crippen LogP contribution in [0.25, 0.3) is 10.9 Å². The topological polar surface area (TPSA) is 117 Å². The highest BCUT2D eigenvalue weighted by molar-refractivity contribution is 6.30. The molecule has 10 heteroatoms. The fourth-order valence-electron chi connectivity index (χ4n) is 5.30. The Balaban J connectivity index is 1.37. The lowest BCUT2D eigenvalue weighted by molar-refractivity contribution is -0.131. The van der Waals surface area contributed by atoms with E-state index in [4.69, 9.17) is 17.3 Å². The Kier molecular flexibility index (Phi) is 5.86. The summed E-state index contributed by atoms with van der Waals surface area (Å²) in [5.41, 5.74) is 6.37. The monoisotopic (exact) mass is 498 g/mol. The van der Waals surface area contributed by atoms with Crippen LogP contribution in [0.4, 0.5) is 9.18 Å². The Hall–Kier alpha value is -3.27. The number of carbonyl (C=O) groups is 3. The van der Waals surface area contributed by atoms with Crippen molar-refractivity contribution in [3.05, 3.63) is 70.6 Å². The van der Waals surface area contributed by atoms with Crippen molar-refractivity contribution in [2.75, 3.05) is 13.2 Å². The zero-order valence-electron chi connectivity index (χ0n) is 18.7. The SMILES string of the molecule is NC(=O)n1cc(CC(=O)C2[C@@H](C(=O)NCc3cccc(Cl)c3F)C[C@@]3(CO)CN23)c2ccccc21. The third-order valence-electron chi connectivity index (χ3n) is 7.13. The number of amides is 2. The average Bonchev–Trinajstić information content (AvgIpc) is 3.27. The van der Waals surface area contributed by atoms with Crippen molar-refractivity contribution in [3.63, 3.8) is 0 Å². The number of aliphatic hydroxyl groups excluding tert-OH is 1. The fraction of sp³-hybridized carbons (Fsp3) is 0.320. The minimum Gasteiger partial charge on any atom is -0.394 e. The van der Waals surface area contributed by atoms with Gasteiger partial charge in [-0.3, -0.25) is 19.1 Å². The zero-order chi connectivity index (χ0) is 24.9. The number of hydrogen-bond acceptors (Lipinski definition) is 5. The molecule has 2 saturated heterocycles. The van der Waals surface area contributed by atoms with Gasteiger partial charge in [0.05, 0.1) is 34.6 Å². The van der Waals surface area contributed by atoms with Gasteiger partial charge in [-0.1, -0.05) is 41.9 Å². The molecule has 3 heterocycles. The number of hydrogen-bond donors (Lipinski definition) is 3. The molecule has 2 amide bonds. The maximum atomic E-state index is 14.2. The molecule has 0 radical (unpaired) electrons. The van der Waals surface area contributed by atoms with Gasteiger partial charge in [-0.25, -0.2) is 9.18 Å². The highest BCUT2D eigenvalue weighted by atomic mass is 35.5. The van der Waals surface area contributed by atoms with Crippen molar-refractivity contribution in [3.8, 4) is 0 Å². The summed E-state index contributed by atoms with van der Waals surface area (Å²) in [5, 5.41) is 13.4. The van der Waals surface area contributed by atoms with E-state index in [2.05, 4.69) is 5.32 Å². The lowest BCUT2D eigenvalue weighted by Crippen LogP contribution is -2.43. The average molecular weight is 499 g/mol. The first-order chi connectivity index (χ1) is 16.8. The van der Waals surface area contributed by atoms with Crippen molar-refractivity contribution < 1.29 is 23.9 Å². The van der Waals surface area contributed by atoms with Crippen molar-refractivity contribution >= 4 is 40.2 Å². The number of nitrogens with zero attached hydrogens (tertiary/aromatic N) is 2. The van der Waals surface area contributed by atoms with Crippen LogP contribution in [0.15, 0.2) is 48.7 Å². The summed E-state index contributed by atoms with van der Waals surface area (Å²) in [6.07, 6.45) is 1.88. The summed E-state index contributed by atoms with van der Waals surface area (Å²) in [5.74, 6) is -1.88. The van der Waals surface area contributed by atoms with Crippen LogP contribution in [0.1, 0.15) is 17.5 Å². The van der Waals surface area contributed by atoms with Crippen LogP contribution in [-0.2, 0) is 22.6 Å². The van der Waals surface area contributed by atoms with E-state index >= 15 is 0 Å². The first-order valence-corrected chi connectivity index (χ1v) is 11.6. The van der Waals surface area contributed by atoms with Gasteiger partial charge >= 0.3 is 6.03 Å². The minimum absolute atomic E-state index is 0.00380. The summed E-state index contributed by atoms with van der Waals surface area (Å²) in [6, 6.07) is 10.3. The van der Waals surface area contributed by atoms with Crippen LogP contribution in [0, 0.1) is 11.7 Å². The van der Waals surface area contributed by atoms with Gasteiger partial charge in [-0.15, -0.1) is 0 Å². The normalized spacial score (nSPS) is 24.8. The Morgan fingerprint density at radius 2 is 1.94 bits per heavy atom. The number of carbonyl (C=O) groups excluding carboxylic acids is 3. The summed E-state index contributed by atoms with van der Waals surface area (Å²) < 4.78 is 15.5. The van der Waals surface area contributed by atoms with Crippen LogP contribution in [0.2, 0.25) is 5.02 Å². The molecule has 8 nitrogen and oxygen atoms in total. The smallest absolute Gasteiger partial charge is 0.323 e. The van der Waals surface area contributed by atoms with Gasteiger partial charge in [0.25, 0.3) is 0 Å². The van der Waals surface area contributed by atoms with Crippen molar-refractivity contribution in [2.45, 2.75) is 31.0 Å².